The summed E-state index contributed by atoms with van der Waals surface area (Å²) in [6, 6.07) is 5.64. The first-order valence-corrected chi connectivity index (χ1v) is 12.9. The third-order valence-electron chi connectivity index (χ3n) is 8.00. The van der Waals surface area contributed by atoms with Crippen LogP contribution in [-0.4, -0.2) is 60.5 Å². The van der Waals surface area contributed by atoms with Crippen molar-refractivity contribution in [2.75, 3.05) is 12.0 Å². The minimum absolute atomic E-state index is 0.0392. The molecule has 194 valence electrons. The molecule has 3 atom stereocenters. The lowest BCUT2D eigenvalue weighted by Crippen LogP contribution is -2.67. The van der Waals surface area contributed by atoms with Crippen LogP contribution in [0.2, 0.25) is 0 Å². The summed E-state index contributed by atoms with van der Waals surface area (Å²) in [4.78, 5) is 14.8. The maximum Gasteiger partial charge on any atom is 0.316 e. The molecule has 10 heteroatoms. The van der Waals surface area contributed by atoms with Crippen molar-refractivity contribution in [3.8, 4) is 34.4 Å². The highest BCUT2D eigenvalue weighted by Gasteiger charge is 2.49. The molecule has 3 aliphatic rings. The standard InChI is InChI=1S/C27H32FN7O2/c1-26-9-4-10-27(2,34-26)13-18(12-26)35(17-6-7-17)22-15-29-24(33-32-22)19-8-5-16(11-21(19)36)23-20(28)14-30-25(31-23)37-3/h5,8,11,14-15,17-18,34,36H,4,6-7,9-10,12-13H2,1-3H3/t18?,26-,27+. The normalized spacial score (nSPS) is 27.1. The molecule has 4 heterocycles. The van der Waals surface area contributed by atoms with E-state index in [0.717, 1.165) is 37.7 Å². The van der Waals surface area contributed by atoms with Crippen LogP contribution in [0.3, 0.4) is 0 Å². The lowest BCUT2D eigenvalue weighted by Gasteiger charge is -2.55. The number of benzene rings is 1. The smallest absolute Gasteiger partial charge is 0.316 e. The number of phenols is 1. The van der Waals surface area contributed by atoms with Gasteiger partial charge in [0.25, 0.3) is 0 Å². The van der Waals surface area contributed by atoms with Gasteiger partial charge in [-0.2, -0.15) is 4.98 Å². The zero-order chi connectivity index (χ0) is 25.8. The Morgan fingerprint density at radius 1 is 1.05 bits per heavy atom. The molecule has 2 N–H and O–H groups in total. The minimum Gasteiger partial charge on any atom is -0.507 e. The number of rotatable bonds is 6. The Kier molecular flexibility index (Phi) is 5.74. The Balaban J connectivity index is 1.26. The number of anilines is 1. The quantitative estimate of drug-likeness (QED) is 0.507. The summed E-state index contributed by atoms with van der Waals surface area (Å²) in [6.07, 6.45) is 10.9. The molecule has 9 nitrogen and oxygen atoms in total. The van der Waals surface area contributed by atoms with Crippen molar-refractivity contribution in [3.05, 3.63) is 36.4 Å². The molecule has 3 aromatic rings. The van der Waals surface area contributed by atoms with E-state index >= 15 is 0 Å². The lowest BCUT2D eigenvalue weighted by atomic mass is 9.69. The molecule has 0 amide bonds. The van der Waals surface area contributed by atoms with Crippen molar-refractivity contribution < 1.29 is 14.2 Å². The van der Waals surface area contributed by atoms with Gasteiger partial charge in [0.2, 0.25) is 0 Å². The van der Waals surface area contributed by atoms with Crippen molar-refractivity contribution in [2.24, 2.45) is 0 Å². The van der Waals surface area contributed by atoms with Crippen molar-refractivity contribution in [1.29, 1.82) is 0 Å². The van der Waals surface area contributed by atoms with Crippen LogP contribution < -0.4 is 15.0 Å². The molecule has 2 bridgehead atoms. The maximum atomic E-state index is 14.3. The summed E-state index contributed by atoms with van der Waals surface area (Å²) < 4.78 is 19.3. The number of fused-ring (bicyclic) bond motifs is 2. The van der Waals surface area contributed by atoms with Crippen LogP contribution in [0.1, 0.15) is 58.8 Å². The first kappa shape index (κ1) is 24.0. The first-order chi connectivity index (χ1) is 17.8. The van der Waals surface area contributed by atoms with Crippen molar-refractivity contribution in [3.63, 3.8) is 0 Å². The van der Waals surface area contributed by atoms with E-state index in [9.17, 15) is 9.50 Å². The third kappa shape index (κ3) is 4.58. The zero-order valence-electron chi connectivity index (χ0n) is 21.4. The fraction of sp³-hybridized carbons (Fsp3) is 0.519. The Morgan fingerprint density at radius 2 is 1.81 bits per heavy atom. The van der Waals surface area contributed by atoms with Gasteiger partial charge >= 0.3 is 6.01 Å². The predicted octanol–water partition coefficient (Wildman–Crippen LogP) is 4.27. The van der Waals surface area contributed by atoms with Gasteiger partial charge in [0.05, 0.1) is 25.1 Å². The number of methoxy groups -OCH3 is 1. The second-order valence-corrected chi connectivity index (χ2v) is 11.2. The van der Waals surface area contributed by atoms with Gasteiger partial charge in [-0.25, -0.2) is 14.4 Å². The lowest BCUT2D eigenvalue weighted by molar-refractivity contribution is 0.0766. The number of aromatic nitrogens is 5. The minimum atomic E-state index is -0.611. The van der Waals surface area contributed by atoms with E-state index in [1.807, 2.05) is 0 Å². The largest absolute Gasteiger partial charge is 0.507 e. The summed E-state index contributed by atoms with van der Waals surface area (Å²) in [6.45, 7) is 4.70. The van der Waals surface area contributed by atoms with E-state index < -0.39 is 5.82 Å². The summed E-state index contributed by atoms with van der Waals surface area (Å²) in [5.74, 6) is 0.398. The van der Waals surface area contributed by atoms with E-state index in [4.69, 9.17) is 4.74 Å². The van der Waals surface area contributed by atoms with Crippen LogP contribution in [0.5, 0.6) is 11.8 Å². The van der Waals surface area contributed by atoms with E-state index in [1.165, 1.54) is 32.4 Å². The van der Waals surface area contributed by atoms with Gasteiger partial charge in [-0.3, -0.25) is 0 Å². The maximum absolute atomic E-state index is 14.3. The molecule has 0 spiro atoms. The first-order valence-electron chi connectivity index (χ1n) is 12.9. The SMILES string of the molecule is COc1ncc(F)c(-c2ccc(-c3ncc(N(C4CC4)C4C[C@]5(C)CCC[C@](C)(C4)N5)nn3)c(O)c2)n1. The second kappa shape index (κ2) is 8.86. The molecule has 1 unspecified atom stereocenters. The molecule has 1 aliphatic carbocycles. The van der Waals surface area contributed by atoms with E-state index in [1.54, 1.807) is 18.3 Å². The number of halogens is 1. The third-order valence-corrected chi connectivity index (χ3v) is 8.00. The van der Waals surface area contributed by atoms with E-state index in [-0.39, 0.29) is 28.5 Å². The fourth-order valence-corrected chi connectivity index (χ4v) is 6.39. The fourth-order valence-electron chi connectivity index (χ4n) is 6.39. The van der Waals surface area contributed by atoms with Gasteiger partial charge in [-0.05, 0) is 70.9 Å². The highest BCUT2D eigenvalue weighted by Crippen LogP contribution is 2.45. The highest BCUT2D eigenvalue weighted by atomic mass is 19.1. The molecule has 1 saturated carbocycles. The molecular formula is C27H32FN7O2. The number of nitrogens with one attached hydrogen (secondary N) is 1. The van der Waals surface area contributed by atoms with Gasteiger partial charge in [-0.15, -0.1) is 10.2 Å². The molecule has 0 radical (unpaired) electrons. The van der Waals surface area contributed by atoms with Crippen LogP contribution >= 0.6 is 0 Å². The van der Waals surface area contributed by atoms with Gasteiger partial charge in [0, 0.05) is 28.7 Å². The van der Waals surface area contributed by atoms with Gasteiger partial charge < -0.3 is 20.1 Å². The van der Waals surface area contributed by atoms with Crippen LogP contribution in [-0.2, 0) is 0 Å². The van der Waals surface area contributed by atoms with E-state index in [2.05, 4.69) is 49.2 Å². The van der Waals surface area contributed by atoms with Gasteiger partial charge in [0.15, 0.2) is 17.5 Å². The van der Waals surface area contributed by atoms with Gasteiger partial charge in [-0.1, -0.05) is 6.07 Å². The summed E-state index contributed by atoms with van der Waals surface area (Å²) in [5, 5.41) is 23.6. The molecule has 37 heavy (non-hydrogen) atoms. The van der Waals surface area contributed by atoms with Crippen LogP contribution in [0, 0.1) is 5.82 Å². The number of ether oxygens (including phenoxy) is 1. The number of aromatic hydroxyl groups is 1. The summed E-state index contributed by atoms with van der Waals surface area (Å²) >= 11 is 0. The average molecular weight is 506 g/mol. The zero-order valence-corrected chi connectivity index (χ0v) is 21.4. The molecular weight excluding hydrogens is 473 g/mol. The Hall–Kier alpha value is -3.40. The van der Waals surface area contributed by atoms with Crippen molar-refractivity contribution in [2.45, 2.75) is 82.0 Å². The molecule has 2 aliphatic heterocycles. The number of piperidine rings is 2. The summed E-state index contributed by atoms with van der Waals surface area (Å²) in [5.41, 5.74) is 1.13. The van der Waals surface area contributed by atoms with Crippen molar-refractivity contribution >= 4 is 5.82 Å². The molecule has 2 aromatic heterocycles. The van der Waals surface area contributed by atoms with E-state index in [0.29, 0.717) is 29.0 Å². The topological polar surface area (TPSA) is 109 Å². The number of phenolic OH excluding ortho intramolecular Hbond substituents is 1. The number of hydrogen-bond donors (Lipinski definition) is 2. The number of nitrogens with zero attached hydrogens (tertiary/aromatic N) is 6. The van der Waals surface area contributed by atoms with Crippen molar-refractivity contribution in [1.82, 2.24) is 30.5 Å². The molecule has 6 rings (SSSR count). The Morgan fingerprint density at radius 3 is 2.43 bits per heavy atom. The molecule has 2 saturated heterocycles. The molecule has 1 aromatic carbocycles. The summed E-state index contributed by atoms with van der Waals surface area (Å²) in [7, 11) is 1.41. The monoisotopic (exact) mass is 505 g/mol. The van der Waals surface area contributed by atoms with Crippen LogP contribution in [0.4, 0.5) is 10.2 Å². The Bertz CT molecular complexity index is 1300. The van der Waals surface area contributed by atoms with Crippen LogP contribution in [0.15, 0.2) is 30.6 Å². The second-order valence-electron chi connectivity index (χ2n) is 11.2. The molecule has 3 fully saturated rings. The average Bonchev–Trinajstić information content (AvgIpc) is 3.69. The van der Waals surface area contributed by atoms with Crippen LogP contribution in [0.25, 0.3) is 22.6 Å². The van der Waals surface area contributed by atoms with Gasteiger partial charge in [0.1, 0.15) is 11.4 Å². The number of hydrogen-bond acceptors (Lipinski definition) is 9. The highest BCUT2D eigenvalue weighted by molar-refractivity contribution is 5.71. The Labute approximate surface area is 215 Å². The predicted molar refractivity (Wildman–Crippen MR) is 137 cm³/mol.